The number of carbonyl (C=O) groups is 2. The Labute approximate surface area is 181 Å². The zero-order valence-corrected chi connectivity index (χ0v) is 17.1. The highest BCUT2D eigenvalue weighted by Crippen LogP contribution is 2.32. The molecule has 2 aliphatic rings. The highest BCUT2D eigenvalue weighted by molar-refractivity contribution is 6.30. The molecular formula is C21H19ClF3N3O3. The molecule has 0 aliphatic carbocycles. The Morgan fingerprint density at radius 3 is 2.61 bits per heavy atom. The molecule has 2 aliphatic heterocycles. The van der Waals surface area contributed by atoms with Crippen molar-refractivity contribution in [2.24, 2.45) is 5.92 Å². The van der Waals surface area contributed by atoms with E-state index in [1.807, 2.05) is 0 Å². The zero-order valence-electron chi connectivity index (χ0n) is 16.3. The lowest BCUT2D eigenvalue weighted by Crippen LogP contribution is -2.37. The Balaban J connectivity index is 1.36. The molecule has 2 saturated heterocycles. The Hall–Kier alpha value is -2.81. The van der Waals surface area contributed by atoms with Gasteiger partial charge in [0.15, 0.2) is 0 Å². The molecule has 2 unspecified atom stereocenters. The predicted octanol–water partition coefficient (Wildman–Crippen LogP) is 3.79. The standard InChI is InChI=1S/C21H19ClF3N3O3/c22-15-1-3-16(4-2-15)28-11-13(9-19(28)29)20(30)27-8-6-17(12-27)31-18-10-14(5-7-26-18)21(23,24)25/h1-5,7,10,13,17H,6,8-9,11-12H2. The van der Waals surface area contributed by atoms with Crippen molar-refractivity contribution in [2.75, 3.05) is 24.5 Å². The minimum absolute atomic E-state index is 0.110. The number of alkyl halides is 3. The first-order chi connectivity index (χ1) is 14.7. The smallest absolute Gasteiger partial charge is 0.416 e. The van der Waals surface area contributed by atoms with Gasteiger partial charge in [-0.3, -0.25) is 9.59 Å². The van der Waals surface area contributed by atoms with Gasteiger partial charge in [-0.2, -0.15) is 13.2 Å². The van der Waals surface area contributed by atoms with Crippen molar-refractivity contribution in [2.45, 2.75) is 25.1 Å². The van der Waals surface area contributed by atoms with Gasteiger partial charge in [0.2, 0.25) is 17.7 Å². The number of pyridine rings is 1. The number of rotatable bonds is 4. The molecule has 2 aromatic rings. The van der Waals surface area contributed by atoms with Gasteiger partial charge in [0, 0.05) is 48.9 Å². The third-order valence-corrected chi connectivity index (χ3v) is 5.67. The van der Waals surface area contributed by atoms with Crippen molar-refractivity contribution in [3.8, 4) is 5.88 Å². The van der Waals surface area contributed by atoms with Crippen molar-refractivity contribution < 1.29 is 27.5 Å². The molecule has 2 fully saturated rings. The monoisotopic (exact) mass is 453 g/mol. The molecule has 1 aromatic carbocycles. The summed E-state index contributed by atoms with van der Waals surface area (Å²) in [5.41, 5.74) is -0.154. The number of amides is 2. The van der Waals surface area contributed by atoms with Gasteiger partial charge in [0.25, 0.3) is 0 Å². The molecule has 6 nitrogen and oxygen atoms in total. The topological polar surface area (TPSA) is 62.7 Å². The van der Waals surface area contributed by atoms with E-state index in [2.05, 4.69) is 4.98 Å². The van der Waals surface area contributed by atoms with Crippen LogP contribution in [0.3, 0.4) is 0 Å². The van der Waals surface area contributed by atoms with Gasteiger partial charge < -0.3 is 14.5 Å². The van der Waals surface area contributed by atoms with Crippen LogP contribution in [0.25, 0.3) is 0 Å². The molecule has 2 amide bonds. The van der Waals surface area contributed by atoms with Crippen LogP contribution in [-0.4, -0.2) is 47.4 Å². The van der Waals surface area contributed by atoms with Gasteiger partial charge in [-0.15, -0.1) is 0 Å². The van der Waals surface area contributed by atoms with Crippen molar-refractivity contribution >= 4 is 29.1 Å². The number of hydrogen-bond acceptors (Lipinski definition) is 4. The fourth-order valence-corrected chi connectivity index (χ4v) is 3.97. The summed E-state index contributed by atoms with van der Waals surface area (Å²) >= 11 is 5.89. The summed E-state index contributed by atoms with van der Waals surface area (Å²) in [6, 6.07) is 8.56. The molecule has 3 heterocycles. The number of nitrogens with zero attached hydrogens (tertiary/aromatic N) is 3. The third kappa shape index (κ3) is 4.76. The third-order valence-electron chi connectivity index (χ3n) is 5.42. The second-order valence-corrected chi connectivity index (χ2v) is 8.01. The van der Waals surface area contributed by atoms with Crippen LogP contribution in [0.2, 0.25) is 5.02 Å². The van der Waals surface area contributed by atoms with Gasteiger partial charge in [0.05, 0.1) is 18.0 Å². The minimum atomic E-state index is -4.48. The minimum Gasteiger partial charge on any atom is -0.472 e. The van der Waals surface area contributed by atoms with E-state index in [1.165, 1.54) is 0 Å². The second-order valence-electron chi connectivity index (χ2n) is 7.58. The SMILES string of the molecule is O=C(C1CC(=O)N(c2ccc(Cl)cc2)C1)N1CCC(Oc2cc(C(F)(F)F)ccn2)C1. The first kappa shape index (κ1) is 21.4. The molecule has 164 valence electrons. The molecular weight excluding hydrogens is 435 g/mol. The fourth-order valence-electron chi connectivity index (χ4n) is 3.85. The van der Waals surface area contributed by atoms with E-state index < -0.39 is 23.8 Å². The lowest BCUT2D eigenvalue weighted by Gasteiger charge is -2.21. The summed E-state index contributed by atoms with van der Waals surface area (Å²) < 4.78 is 44.1. The second kappa shape index (κ2) is 8.37. The predicted molar refractivity (Wildman–Crippen MR) is 107 cm³/mol. The van der Waals surface area contributed by atoms with Crippen LogP contribution in [0.5, 0.6) is 5.88 Å². The van der Waals surface area contributed by atoms with Crippen LogP contribution in [0.1, 0.15) is 18.4 Å². The molecule has 0 bridgehead atoms. The summed E-state index contributed by atoms with van der Waals surface area (Å²) in [5, 5.41) is 0.557. The molecule has 10 heteroatoms. The molecule has 0 N–H and O–H groups in total. The summed E-state index contributed by atoms with van der Waals surface area (Å²) in [7, 11) is 0. The Morgan fingerprint density at radius 1 is 1.16 bits per heavy atom. The molecule has 2 atom stereocenters. The van der Waals surface area contributed by atoms with Gasteiger partial charge in [0.1, 0.15) is 6.10 Å². The Bertz CT molecular complexity index is 984. The average molecular weight is 454 g/mol. The quantitative estimate of drug-likeness (QED) is 0.706. The van der Waals surface area contributed by atoms with E-state index in [4.69, 9.17) is 16.3 Å². The van der Waals surface area contributed by atoms with Gasteiger partial charge in [-0.1, -0.05) is 11.6 Å². The van der Waals surface area contributed by atoms with Crippen molar-refractivity contribution in [1.29, 1.82) is 0 Å². The first-order valence-electron chi connectivity index (χ1n) is 9.75. The van der Waals surface area contributed by atoms with Crippen LogP contribution in [0.4, 0.5) is 18.9 Å². The highest BCUT2D eigenvalue weighted by Gasteiger charge is 2.39. The van der Waals surface area contributed by atoms with Crippen LogP contribution in [0.15, 0.2) is 42.6 Å². The number of aromatic nitrogens is 1. The summed E-state index contributed by atoms with van der Waals surface area (Å²) in [4.78, 5) is 32.3. The Morgan fingerprint density at radius 2 is 1.90 bits per heavy atom. The number of halogens is 4. The van der Waals surface area contributed by atoms with Gasteiger partial charge >= 0.3 is 6.18 Å². The molecule has 4 rings (SSSR count). The maximum Gasteiger partial charge on any atom is 0.416 e. The number of benzene rings is 1. The molecule has 0 radical (unpaired) electrons. The van der Waals surface area contributed by atoms with Crippen LogP contribution >= 0.6 is 11.6 Å². The number of likely N-dealkylation sites (tertiary alicyclic amines) is 1. The molecule has 1 aromatic heterocycles. The highest BCUT2D eigenvalue weighted by atomic mass is 35.5. The number of hydrogen-bond donors (Lipinski definition) is 0. The van der Waals surface area contributed by atoms with Crippen molar-refractivity contribution in [3.05, 3.63) is 53.2 Å². The van der Waals surface area contributed by atoms with E-state index >= 15 is 0 Å². The maximum absolute atomic E-state index is 12.9. The fraction of sp³-hybridized carbons (Fsp3) is 0.381. The van der Waals surface area contributed by atoms with E-state index in [0.29, 0.717) is 23.7 Å². The summed E-state index contributed by atoms with van der Waals surface area (Å²) in [6.07, 6.45) is -3.30. The maximum atomic E-state index is 12.9. The van der Waals surface area contributed by atoms with Gasteiger partial charge in [-0.25, -0.2) is 4.98 Å². The lowest BCUT2D eigenvalue weighted by molar-refractivity contribution is -0.137. The largest absolute Gasteiger partial charge is 0.472 e. The van der Waals surface area contributed by atoms with E-state index in [0.717, 1.165) is 18.3 Å². The van der Waals surface area contributed by atoms with Crippen molar-refractivity contribution in [1.82, 2.24) is 9.88 Å². The van der Waals surface area contributed by atoms with Crippen LogP contribution in [-0.2, 0) is 15.8 Å². The van der Waals surface area contributed by atoms with Crippen LogP contribution in [0, 0.1) is 5.92 Å². The van der Waals surface area contributed by atoms with E-state index in [9.17, 15) is 22.8 Å². The summed E-state index contributed by atoms with van der Waals surface area (Å²) in [5.74, 6) is -0.901. The lowest BCUT2D eigenvalue weighted by atomic mass is 10.1. The summed E-state index contributed by atoms with van der Waals surface area (Å²) in [6.45, 7) is 0.924. The van der Waals surface area contributed by atoms with Crippen molar-refractivity contribution in [3.63, 3.8) is 0 Å². The average Bonchev–Trinajstić information content (AvgIpc) is 3.34. The normalized spacial score (nSPS) is 21.6. The van der Waals surface area contributed by atoms with Gasteiger partial charge in [-0.05, 0) is 30.3 Å². The van der Waals surface area contributed by atoms with E-state index in [1.54, 1.807) is 34.1 Å². The van der Waals surface area contributed by atoms with Crippen LogP contribution < -0.4 is 9.64 Å². The molecule has 0 saturated carbocycles. The number of anilines is 1. The van der Waals surface area contributed by atoms with E-state index in [-0.39, 0.29) is 37.2 Å². The Kier molecular flexibility index (Phi) is 5.79. The molecule has 31 heavy (non-hydrogen) atoms. The zero-order chi connectivity index (χ0) is 22.2. The first-order valence-corrected chi connectivity index (χ1v) is 10.1. The number of carbonyl (C=O) groups excluding carboxylic acids is 2. The molecule has 0 spiro atoms. The number of ether oxygens (including phenoxy) is 1.